The summed E-state index contributed by atoms with van der Waals surface area (Å²) in [6, 6.07) is 2.06. The van der Waals surface area contributed by atoms with E-state index < -0.39 is 0 Å². The van der Waals surface area contributed by atoms with Gasteiger partial charge in [-0.15, -0.1) is 11.3 Å². The fourth-order valence-corrected chi connectivity index (χ4v) is 3.44. The number of nitrogens with zero attached hydrogens (tertiary/aromatic N) is 1. The summed E-state index contributed by atoms with van der Waals surface area (Å²) in [6.07, 6.45) is 2.40. The number of piperidine rings is 1. The van der Waals surface area contributed by atoms with Crippen LogP contribution in [0.4, 0.5) is 0 Å². The third-order valence-corrected chi connectivity index (χ3v) is 4.66. The van der Waals surface area contributed by atoms with E-state index in [-0.39, 0.29) is 11.9 Å². The molecule has 1 aliphatic heterocycles. The number of rotatable bonds is 5. The SMILES string of the molecule is COc1ccsc1C(=O)N(CC1CCCNC1)C(C)C. The van der Waals surface area contributed by atoms with Crippen molar-refractivity contribution in [2.45, 2.75) is 32.7 Å². The summed E-state index contributed by atoms with van der Waals surface area (Å²) in [5.41, 5.74) is 0. The van der Waals surface area contributed by atoms with Crippen molar-refractivity contribution in [1.82, 2.24) is 10.2 Å². The van der Waals surface area contributed by atoms with Gasteiger partial charge in [0.05, 0.1) is 7.11 Å². The van der Waals surface area contributed by atoms with Crippen LogP contribution >= 0.6 is 11.3 Å². The molecule has 5 heteroatoms. The third kappa shape index (κ3) is 3.52. The Balaban J connectivity index is 2.09. The molecule has 2 rings (SSSR count). The molecule has 1 atom stereocenters. The van der Waals surface area contributed by atoms with Gasteiger partial charge in [0, 0.05) is 12.6 Å². The summed E-state index contributed by atoms with van der Waals surface area (Å²) in [5, 5.41) is 5.32. The summed E-state index contributed by atoms with van der Waals surface area (Å²) >= 11 is 1.46. The Bertz CT molecular complexity index is 439. The molecule has 4 nitrogen and oxygen atoms in total. The van der Waals surface area contributed by atoms with Crippen LogP contribution < -0.4 is 10.1 Å². The standard InChI is InChI=1S/C15H24N2O2S/c1-11(2)17(10-12-5-4-7-16-9-12)15(18)14-13(19-3)6-8-20-14/h6,8,11-12,16H,4-5,7,9-10H2,1-3H3. The Morgan fingerprint density at radius 2 is 2.40 bits per heavy atom. The van der Waals surface area contributed by atoms with Crippen LogP contribution in [0.3, 0.4) is 0 Å². The number of carbonyl (C=O) groups is 1. The number of thiophene rings is 1. The minimum absolute atomic E-state index is 0.0948. The van der Waals surface area contributed by atoms with Gasteiger partial charge in [-0.3, -0.25) is 4.79 Å². The highest BCUT2D eigenvalue weighted by atomic mass is 32.1. The van der Waals surface area contributed by atoms with Gasteiger partial charge >= 0.3 is 0 Å². The van der Waals surface area contributed by atoms with Crippen LogP contribution in [0, 0.1) is 5.92 Å². The Labute approximate surface area is 125 Å². The van der Waals surface area contributed by atoms with Gasteiger partial charge in [-0.2, -0.15) is 0 Å². The highest BCUT2D eigenvalue weighted by Gasteiger charge is 2.26. The monoisotopic (exact) mass is 296 g/mol. The van der Waals surface area contributed by atoms with E-state index in [2.05, 4.69) is 19.2 Å². The molecule has 0 radical (unpaired) electrons. The van der Waals surface area contributed by atoms with Crippen LogP contribution in [-0.2, 0) is 0 Å². The van der Waals surface area contributed by atoms with Gasteiger partial charge in [-0.25, -0.2) is 0 Å². The number of amides is 1. The van der Waals surface area contributed by atoms with Crippen LogP contribution in [-0.4, -0.2) is 43.6 Å². The molecular formula is C15H24N2O2S. The molecule has 2 heterocycles. The van der Waals surface area contributed by atoms with Crippen LogP contribution in [0.1, 0.15) is 36.4 Å². The van der Waals surface area contributed by atoms with E-state index in [0.29, 0.717) is 16.5 Å². The number of nitrogens with one attached hydrogen (secondary N) is 1. The molecule has 1 N–H and O–H groups in total. The minimum Gasteiger partial charge on any atom is -0.495 e. The van der Waals surface area contributed by atoms with E-state index in [9.17, 15) is 4.79 Å². The first-order chi connectivity index (χ1) is 9.63. The van der Waals surface area contributed by atoms with E-state index in [0.717, 1.165) is 19.6 Å². The second-order valence-electron chi connectivity index (χ2n) is 5.58. The lowest BCUT2D eigenvalue weighted by atomic mass is 9.98. The van der Waals surface area contributed by atoms with Gasteiger partial charge in [0.15, 0.2) is 0 Å². The maximum Gasteiger partial charge on any atom is 0.267 e. The Morgan fingerprint density at radius 3 is 3.00 bits per heavy atom. The van der Waals surface area contributed by atoms with Crippen molar-refractivity contribution >= 4 is 17.2 Å². The lowest BCUT2D eigenvalue weighted by molar-refractivity contribution is 0.0663. The molecule has 1 aromatic heterocycles. The molecule has 1 aliphatic rings. The second kappa shape index (κ2) is 7.09. The van der Waals surface area contributed by atoms with Crippen molar-refractivity contribution in [3.05, 3.63) is 16.3 Å². The molecule has 0 saturated carbocycles. The fourth-order valence-electron chi connectivity index (χ4n) is 2.63. The van der Waals surface area contributed by atoms with Crippen molar-refractivity contribution in [2.75, 3.05) is 26.7 Å². The van der Waals surface area contributed by atoms with Crippen molar-refractivity contribution < 1.29 is 9.53 Å². The number of methoxy groups -OCH3 is 1. The molecule has 112 valence electrons. The maximum absolute atomic E-state index is 12.7. The lowest BCUT2D eigenvalue weighted by Crippen LogP contribution is -2.44. The summed E-state index contributed by atoms with van der Waals surface area (Å²) in [5.74, 6) is 1.34. The zero-order valence-corrected chi connectivity index (χ0v) is 13.3. The topological polar surface area (TPSA) is 41.6 Å². The first-order valence-corrected chi connectivity index (χ1v) is 8.14. The predicted molar refractivity (Wildman–Crippen MR) is 82.6 cm³/mol. The Hall–Kier alpha value is -1.07. The minimum atomic E-state index is 0.0948. The molecule has 0 aliphatic carbocycles. The molecule has 1 saturated heterocycles. The molecule has 1 aromatic rings. The van der Waals surface area contributed by atoms with Gasteiger partial charge in [0.25, 0.3) is 5.91 Å². The van der Waals surface area contributed by atoms with E-state index in [4.69, 9.17) is 4.74 Å². The van der Waals surface area contributed by atoms with Crippen LogP contribution in [0.5, 0.6) is 5.75 Å². The fraction of sp³-hybridized carbons (Fsp3) is 0.667. The first-order valence-electron chi connectivity index (χ1n) is 7.26. The zero-order valence-electron chi connectivity index (χ0n) is 12.5. The molecule has 1 fully saturated rings. The molecule has 20 heavy (non-hydrogen) atoms. The van der Waals surface area contributed by atoms with E-state index in [1.807, 2.05) is 16.3 Å². The van der Waals surface area contributed by atoms with Gasteiger partial charge in [-0.05, 0) is 57.1 Å². The molecule has 1 unspecified atom stereocenters. The average molecular weight is 296 g/mol. The van der Waals surface area contributed by atoms with Crippen LogP contribution in [0.25, 0.3) is 0 Å². The lowest BCUT2D eigenvalue weighted by Gasteiger charge is -2.32. The Morgan fingerprint density at radius 1 is 1.60 bits per heavy atom. The maximum atomic E-state index is 12.7. The summed E-state index contributed by atoms with van der Waals surface area (Å²) in [7, 11) is 1.61. The number of hydrogen-bond donors (Lipinski definition) is 1. The summed E-state index contributed by atoms with van der Waals surface area (Å²) in [4.78, 5) is 15.4. The van der Waals surface area contributed by atoms with E-state index in [1.54, 1.807) is 7.11 Å². The Kier molecular flexibility index (Phi) is 5.43. The van der Waals surface area contributed by atoms with Crippen molar-refractivity contribution in [3.63, 3.8) is 0 Å². The smallest absolute Gasteiger partial charge is 0.267 e. The largest absolute Gasteiger partial charge is 0.495 e. The number of hydrogen-bond acceptors (Lipinski definition) is 4. The molecular weight excluding hydrogens is 272 g/mol. The van der Waals surface area contributed by atoms with Gasteiger partial charge < -0.3 is 15.0 Å². The van der Waals surface area contributed by atoms with E-state index in [1.165, 1.54) is 24.2 Å². The van der Waals surface area contributed by atoms with Gasteiger partial charge in [-0.1, -0.05) is 0 Å². The molecule has 1 amide bonds. The first kappa shape index (κ1) is 15.3. The average Bonchev–Trinajstić information content (AvgIpc) is 2.93. The summed E-state index contributed by atoms with van der Waals surface area (Å²) < 4.78 is 5.28. The van der Waals surface area contributed by atoms with Crippen molar-refractivity contribution in [1.29, 1.82) is 0 Å². The van der Waals surface area contributed by atoms with Crippen LogP contribution in [0.15, 0.2) is 11.4 Å². The highest BCUT2D eigenvalue weighted by molar-refractivity contribution is 7.12. The zero-order chi connectivity index (χ0) is 14.5. The normalized spacial score (nSPS) is 19.1. The van der Waals surface area contributed by atoms with Gasteiger partial charge in [0.2, 0.25) is 0 Å². The number of ether oxygens (including phenoxy) is 1. The highest BCUT2D eigenvalue weighted by Crippen LogP contribution is 2.27. The van der Waals surface area contributed by atoms with Crippen LogP contribution in [0.2, 0.25) is 0 Å². The van der Waals surface area contributed by atoms with E-state index >= 15 is 0 Å². The quantitative estimate of drug-likeness (QED) is 0.908. The van der Waals surface area contributed by atoms with Gasteiger partial charge in [0.1, 0.15) is 10.6 Å². The summed E-state index contributed by atoms with van der Waals surface area (Å²) in [6.45, 7) is 7.09. The predicted octanol–water partition coefficient (Wildman–Crippen LogP) is 2.61. The third-order valence-electron chi connectivity index (χ3n) is 3.78. The van der Waals surface area contributed by atoms with Crippen molar-refractivity contribution in [3.8, 4) is 5.75 Å². The number of carbonyl (C=O) groups excluding carboxylic acids is 1. The molecule has 0 aromatic carbocycles. The molecule has 0 spiro atoms. The molecule has 0 bridgehead atoms. The van der Waals surface area contributed by atoms with Crippen molar-refractivity contribution in [2.24, 2.45) is 5.92 Å². The second-order valence-corrected chi connectivity index (χ2v) is 6.50.